The Bertz CT molecular complexity index is 1370. The molecule has 0 unspecified atom stereocenters. The molecule has 10 heteroatoms. The van der Waals surface area contributed by atoms with Gasteiger partial charge < -0.3 is 19.3 Å². The van der Waals surface area contributed by atoms with E-state index in [-0.39, 0.29) is 9.79 Å². The summed E-state index contributed by atoms with van der Waals surface area (Å²) in [7, 11) is -0.803. The van der Waals surface area contributed by atoms with Crippen LogP contribution in [0.2, 0.25) is 0 Å². The zero-order valence-corrected chi connectivity index (χ0v) is 18.7. The van der Waals surface area contributed by atoms with Gasteiger partial charge in [-0.1, -0.05) is 29.5 Å². The SMILES string of the molecule is COc1cccc(-n2cc(-c3ccccc3S(=O)(=O)c3ccc(OCO)cc3)nn2)c1OC. The fourth-order valence-corrected chi connectivity index (χ4v) is 4.85. The number of aliphatic hydroxyl groups is 1. The Morgan fingerprint density at radius 1 is 0.939 bits per heavy atom. The Hall–Kier alpha value is -3.89. The van der Waals surface area contributed by atoms with Crippen LogP contribution in [0.25, 0.3) is 16.9 Å². The average Bonchev–Trinajstić information content (AvgIpc) is 3.34. The van der Waals surface area contributed by atoms with Crippen LogP contribution in [0.3, 0.4) is 0 Å². The van der Waals surface area contributed by atoms with Gasteiger partial charge in [-0.3, -0.25) is 0 Å². The van der Waals surface area contributed by atoms with Crippen LogP contribution >= 0.6 is 0 Å². The van der Waals surface area contributed by atoms with E-state index in [1.54, 1.807) is 42.6 Å². The summed E-state index contributed by atoms with van der Waals surface area (Å²) >= 11 is 0. The number of ether oxygens (including phenoxy) is 3. The monoisotopic (exact) mass is 467 g/mol. The molecule has 0 bridgehead atoms. The highest BCUT2D eigenvalue weighted by molar-refractivity contribution is 7.91. The van der Waals surface area contributed by atoms with Crippen molar-refractivity contribution in [2.45, 2.75) is 9.79 Å². The van der Waals surface area contributed by atoms with Crippen LogP contribution in [0.1, 0.15) is 0 Å². The third-order valence-corrected chi connectivity index (χ3v) is 6.77. The van der Waals surface area contributed by atoms with Crippen LogP contribution < -0.4 is 14.2 Å². The van der Waals surface area contributed by atoms with Crippen molar-refractivity contribution in [3.63, 3.8) is 0 Å². The molecule has 9 nitrogen and oxygen atoms in total. The molecule has 0 aliphatic carbocycles. The maximum Gasteiger partial charge on any atom is 0.207 e. The predicted molar refractivity (Wildman–Crippen MR) is 120 cm³/mol. The first kappa shape index (κ1) is 22.3. The third-order valence-electron chi connectivity index (χ3n) is 4.94. The Morgan fingerprint density at radius 2 is 1.70 bits per heavy atom. The van der Waals surface area contributed by atoms with Gasteiger partial charge in [-0.15, -0.1) is 5.10 Å². The highest BCUT2D eigenvalue weighted by atomic mass is 32.2. The lowest BCUT2D eigenvalue weighted by atomic mass is 10.2. The molecule has 0 spiro atoms. The van der Waals surface area contributed by atoms with Gasteiger partial charge in [0.1, 0.15) is 17.1 Å². The van der Waals surface area contributed by atoms with Crippen molar-refractivity contribution >= 4 is 9.84 Å². The summed E-state index contributed by atoms with van der Waals surface area (Å²) in [6.45, 7) is -0.497. The lowest BCUT2D eigenvalue weighted by Gasteiger charge is -2.11. The minimum atomic E-state index is -3.87. The normalized spacial score (nSPS) is 11.2. The highest BCUT2D eigenvalue weighted by Crippen LogP contribution is 2.35. The van der Waals surface area contributed by atoms with E-state index >= 15 is 0 Å². The molecule has 33 heavy (non-hydrogen) atoms. The largest absolute Gasteiger partial charge is 0.493 e. The molecule has 3 aromatic carbocycles. The molecule has 1 aromatic heterocycles. The minimum absolute atomic E-state index is 0.0853. The van der Waals surface area contributed by atoms with Crippen molar-refractivity contribution in [2.75, 3.05) is 21.0 Å². The van der Waals surface area contributed by atoms with Crippen molar-refractivity contribution in [1.82, 2.24) is 15.0 Å². The second kappa shape index (κ2) is 9.31. The fourth-order valence-electron chi connectivity index (χ4n) is 3.38. The Balaban J connectivity index is 1.76. The molecule has 0 saturated carbocycles. The van der Waals surface area contributed by atoms with Crippen molar-refractivity contribution in [3.05, 3.63) is 72.9 Å². The molecule has 0 aliphatic heterocycles. The van der Waals surface area contributed by atoms with E-state index in [0.717, 1.165) is 0 Å². The first-order valence-electron chi connectivity index (χ1n) is 9.81. The molecule has 1 N–H and O–H groups in total. The first-order chi connectivity index (χ1) is 16.0. The van der Waals surface area contributed by atoms with E-state index in [2.05, 4.69) is 10.3 Å². The van der Waals surface area contributed by atoms with Crippen LogP contribution in [-0.4, -0.2) is 49.5 Å². The van der Waals surface area contributed by atoms with E-state index in [9.17, 15) is 8.42 Å². The predicted octanol–water partition coefficient (Wildman–Crippen LogP) is 3.11. The third kappa shape index (κ3) is 4.26. The summed E-state index contributed by atoms with van der Waals surface area (Å²) in [6, 6.07) is 17.7. The number of aliphatic hydroxyl groups excluding tert-OH is 1. The van der Waals surface area contributed by atoms with Crippen molar-refractivity contribution in [2.24, 2.45) is 0 Å². The van der Waals surface area contributed by atoms with Crippen LogP contribution in [0.4, 0.5) is 0 Å². The standard InChI is InChI=1S/C23H21N3O6S/c1-30-21-8-5-7-20(23(21)31-2)26-14-19(24-25-26)18-6-3-4-9-22(18)33(28,29)17-12-10-16(11-13-17)32-15-27/h3-14,27H,15H2,1-2H3. The van der Waals surface area contributed by atoms with Gasteiger partial charge in [0.2, 0.25) is 9.84 Å². The lowest BCUT2D eigenvalue weighted by molar-refractivity contribution is 0.0985. The topological polar surface area (TPSA) is 113 Å². The Labute approximate surface area is 190 Å². The first-order valence-corrected chi connectivity index (χ1v) is 11.3. The molecule has 4 rings (SSSR count). The van der Waals surface area contributed by atoms with E-state index in [1.807, 2.05) is 0 Å². The van der Waals surface area contributed by atoms with Crippen molar-refractivity contribution < 1.29 is 27.7 Å². The molecule has 0 aliphatic rings. The highest BCUT2D eigenvalue weighted by Gasteiger charge is 2.24. The number of rotatable bonds is 8. The molecular formula is C23H21N3O6S. The number of hydrogen-bond donors (Lipinski definition) is 1. The van der Waals surface area contributed by atoms with Crippen LogP contribution in [0.15, 0.2) is 82.7 Å². The number of sulfone groups is 1. The quantitative estimate of drug-likeness (QED) is 0.393. The van der Waals surface area contributed by atoms with E-state index in [0.29, 0.717) is 34.2 Å². The number of methoxy groups -OCH3 is 2. The molecule has 0 fully saturated rings. The zero-order chi connectivity index (χ0) is 23.4. The van der Waals surface area contributed by atoms with Crippen LogP contribution in [-0.2, 0) is 9.84 Å². The van der Waals surface area contributed by atoms with Gasteiger partial charge in [-0.05, 0) is 42.5 Å². The van der Waals surface area contributed by atoms with Gasteiger partial charge in [0.25, 0.3) is 0 Å². The number of nitrogens with zero attached hydrogens (tertiary/aromatic N) is 3. The second-order valence-corrected chi connectivity index (χ2v) is 8.72. The molecule has 0 atom stereocenters. The summed E-state index contributed by atoms with van der Waals surface area (Å²) in [5, 5.41) is 17.2. The summed E-state index contributed by atoms with van der Waals surface area (Å²) in [5.74, 6) is 1.37. The summed E-state index contributed by atoms with van der Waals surface area (Å²) in [4.78, 5) is 0.174. The maximum absolute atomic E-state index is 13.4. The van der Waals surface area contributed by atoms with Crippen LogP contribution in [0, 0.1) is 0 Å². The Kier molecular flexibility index (Phi) is 6.29. The molecule has 0 radical (unpaired) electrons. The van der Waals surface area contributed by atoms with Gasteiger partial charge in [0.05, 0.1) is 30.2 Å². The minimum Gasteiger partial charge on any atom is -0.493 e. The van der Waals surface area contributed by atoms with Gasteiger partial charge >= 0.3 is 0 Å². The van der Waals surface area contributed by atoms with Gasteiger partial charge in [0, 0.05) is 5.56 Å². The summed E-state index contributed by atoms with van der Waals surface area (Å²) in [6.07, 6.45) is 1.63. The number of hydrogen-bond acceptors (Lipinski definition) is 8. The molecule has 0 saturated heterocycles. The average molecular weight is 468 g/mol. The van der Waals surface area contributed by atoms with Gasteiger partial charge in [0.15, 0.2) is 18.3 Å². The molecular weight excluding hydrogens is 446 g/mol. The maximum atomic E-state index is 13.4. The smallest absolute Gasteiger partial charge is 0.207 e. The molecule has 170 valence electrons. The van der Waals surface area contributed by atoms with Gasteiger partial charge in [-0.2, -0.15) is 0 Å². The zero-order valence-electron chi connectivity index (χ0n) is 17.9. The molecule has 4 aromatic rings. The Morgan fingerprint density at radius 3 is 2.39 bits per heavy atom. The van der Waals surface area contributed by atoms with Crippen molar-refractivity contribution in [1.29, 1.82) is 0 Å². The molecule has 0 amide bonds. The summed E-state index contributed by atoms with van der Waals surface area (Å²) < 4.78 is 44.0. The number of benzene rings is 3. The van der Waals surface area contributed by atoms with Gasteiger partial charge in [-0.25, -0.2) is 13.1 Å². The van der Waals surface area contributed by atoms with Crippen molar-refractivity contribution in [3.8, 4) is 34.2 Å². The fraction of sp³-hybridized carbons (Fsp3) is 0.130. The summed E-state index contributed by atoms with van der Waals surface area (Å²) in [5.41, 5.74) is 1.37. The number of para-hydroxylation sites is 1. The lowest BCUT2D eigenvalue weighted by Crippen LogP contribution is -2.04. The van der Waals surface area contributed by atoms with E-state index < -0.39 is 16.6 Å². The van der Waals surface area contributed by atoms with E-state index in [4.69, 9.17) is 19.3 Å². The molecule has 1 heterocycles. The second-order valence-electron chi connectivity index (χ2n) is 6.81. The van der Waals surface area contributed by atoms with Crippen LogP contribution in [0.5, 0.6) is 17.2 Å². The van der Waals surface area contributed by atoms with E-state index in [1.165, 1.54) is 49.2 Å². The number of aromatic nitrogens is 3.